The molecule has 0 heterocycles. The molecule has 0 atom stereocenters. The van der Waals surface area contributed by atoms with Gasteiger partial charge in [0.2, 0.25) is 0 Å². The van der Waals surface area contributed by atoms with E-state index in [0.717, 1.165) is 11.1 Å². The summed E-state index contributed by atoms with van der Waals surface area (Å²) in [6.45, 7) is 4.06. The molecule has 98 valence electrons. The van der Waals surface area contributed by atoms with Gasteiger partial charge in [0.1, 0.15) is 0 Å². The largest absolute Gasteiger partial charge is 0.504 e. The second kappa shape index (κ2) is 7.34. The smallest absolute Gasteiger partial charge is 0.161 e. The van der Waals surface area contributed by atoms with E-state index in [1.165, 1.54) is 7.11 Å². The van der Waals surface area contributed by atoms with Gasteiger partial charge >= 0.3 is 0 Å². The van der Waals surface area contributed by atoms with Crippen molar-refractivity contribution in [2.24, 2.45) is 5.10 Å². The number of aliphatic hydroxyl groups excluding tert-OH is 1. The highest BCUT2D eigenvalue weighted by atomic mass is 16.5. The lowest BCUT2D eigenvalue weighted by atomic mass is 10.1. The van der Waals surface area contributed by atoms with Crippen molar-refractivity contribution in [2.45, 2.75) is 6.42 Å². The summed E-state index contributed by atoms with van der Waals surface area (Å²) in [5.41, 5.74) is 4.21. The van der Waals surface area contributed by atoms with Crippen molar-refractivity contribution in [3.05, 3.63) is 35.9 Å². The number of allylic oxidation sites excluding steroid dienone is 1. The van der Waals surface area contributed by atoms with Gasteiger partial charge in [-0.1, -0.05) is 6.08 Å². The van der Waals surface area contributed by atoms with Crippen LogP contribution in [0.2, 0.25) is 0 Å². The zero-order valence-electron chi connectivity index (χ0n) is 10.4. The van der Waals surface area contributed by atoms with Gasteiger partial charge in [0.25, 0.3) is 0 Å². The topological polar surface area (TPSA) is 74.1 Å². The first-order chi connectivity index (χ1) is 8.72. The number of ether oxygens (including phenoxy) is 1. The van der Waals surface area contributed by atoms with Crippen molar-refractivity contribution in [1.82, 2.24) is 5.43 Å². The first-order valence-corrected chi connectivity index (χ1v) is 5.60. The Labute approximate surface area is 106 Å². The molecule has 0 aliphatic carbocycles. The fourth-order valence-corrected chi connectivity index (χ4v) is 1.47. The number of nitrogens with one attached hydrogen (secondary N) is 1. The van der Waals surface area contributed by atoms with Crippen LogP contribution in [-0.4, -0.2) is 36.7 Å². The molecule has 0 saturated carbocycles. The monoisotopic (exact) mass is 250 g/mol. The van der Waals surface area contributed by atoms with Crippen LogP contribution in [0.15, 0.2) is 29.9 Å². The summed E-state index contributed by atoms with van der Waals surface area (Å²) in [6.07, 6.45) is 3.86. The van der Waals surface area contributed by atoms with E-state index in [-0.39, 0.29) is 12.4 Å². The number of hydrogen-bond donors (Lipinski definition) is 3. The average Bonchev–Trinajstić information content (AvgIpc) is 2.38. The molecule has 0 aromatic heterocycles. The Hall–Kier alpha value is -2.01. The number of methoxy groups -OCH3 is 1. The standard InChI is InChI=1S/C13H18N2O3/c1-3-4-11-7-10(9-15-14-5-6-16)8-12(18-2)13(11)17/h3,7-9,14,16-17H,1,4-6H2,2H3. The molecule has 0 radical (unpaired) electrons. The zero-order valence-corrected chi connectivity index (χ0v) is 10.4. The van der Waals surface area contributed by atoms with E-state index in [1.54, 1.807) is 18.4 Å². The number of phenolic OH excluding ortho intramolecular Hbond substituents is 1. The minimum atomic E-state index is 0.0257. The Kier molecular flexibility index (Phi) is 5.73. The molecular weight excluding hydrogens is 232 g/mol. The van der Waals surface area contributed by atoms with Crippen molar-refractivity contribution < 1.29 is 14.9 Å². The molecule has 0 amide bonds. The zero-order chi connectivity index (χ0) is 13.4. The molecule has 18 heavy (non-hydrogen) atoms. The number of aliphatic hydroxyl groups is 1. The molecule has 0 saturated heterocycles. The van der Waals surface area contributed by atoms with E-state index in [9.17, 15) is 5.11 Å². The van der Waals surface area contributed by atoms with Crippen molar-refractivity contribution in [2.75, 3.05) is 20.3 Å². The van der Waals surface area contributed by atoms with Crippen LogP contribution < -0.4 is 10.2 Å². The van der Waals surface area contributed by atoms with Crippen molar-refractivity contribution in [1.29, 1.82) is 0 Å². The van der Waals surface area contributed by atoms with Crippen molar-refractivity contribution in [3.63, 3.8) is 0 Å². The molecule has 0 unspecified atom stereocenters. The summed E-state index contributed by atoms with van der Waals surface area (Å²) >= 11 is 0. The van der Waals surface area contributed by atoms with Crippen LogP contribution >= 0.6 is 0 Å². The van der Waals surface area contributed by atoms with Gasteiger partial charge in [-0.25, -0.2) is 0 Å². The van der Waals surface area contributed by atoms with E-state index in [1.807, 2.05) is 6.07 Å². The maximum Gasteiger partial charge on any atom is 0.161 e. The number of rotatable bonds is 7. The van der Waals surface area contributed by atoms with Crippen LogP contribution in [0.4, 0.5) is 0 Å². The Morgan fingerprint density at radius 2 is 2.28 bits per heavy atom. The highest BCUT2D eigenvalue weighted by molar-refractivity contribution is 5.81. The summed E-state index contributed by atoms with van der Waals surface area (Å²) in [5.74, 6) is 0.524. The van der Waals surface area contributed by atoms with E-state index >= 15 is 0 Å². The van der Waals surface area contributed by atoms with Crippen molar-refractivity contribution >= 4 is 6.21 Å². The van der Waals surface area contributed by atoms with Gasteiger partial charge in [-0.3, -0.25) is 0 Å². The SMILES string of the molecule is C=CCc1cc(C=NNCCO)cc(OC)c1O. The van der Waals surface area contributed by atoms with Crippen LogP contribution in [-0.2, 0) is 6.42 Å². The third-order valence-electron chi connectivity index (χ3n) is 2.29. The molecule has 3 N–H and O–H groups in total. The Morgan fingerprint density at radius 1 is 1.50 bits per heavy atom. The quantitative estimate of drug-likeness (QED) is 0.292. The van der Waals surface area contributed by atoms with Gasteiger partial charge in [-0.05, 0) is 24.1 Å². The molecule has 0 aliphatic rings. The van der Waals surface area contributed by atoms with Crippen molar-refractivity contribution in [3.8, 4) is 11.5 Å². The minimum Gasteiger partial charge on any atom is -0.504 e. The highest BCUT2D eigenvalue weighted by Gasteiger charge is 2.08. The number of phenols is 1. The average molecular weight is 250 g/mol. The molecule has 5 heteroatoms. The molecule has 1 rings (SSSR count). The summed E-state index contributed by atoms with van der Waals surface area (Å²) < 4.78 is 5.09. The number of nitrogens with zero attached hydrogens (tertiary/aromatic N) is 1. The summed E-state index contributed by atoms with van der Waals surface area (Å²) in [7, 11) is 1.50. The molecule has 0 fully saturated rings. The van der Waals surface area contributed by atoms with E-state index in [2.05, 4.69) is 17.1 Å². The Bertz CT molecular complexity index is 430. The van der Waals surface area contributed by atoms with Crippen LogP contribution in [0.3, 0.4) is 0 Å². The van der Waals surface area contributed by atoms with Crippen LogP contribution in [0.5, 0.6) is 11.5 Å². The molecule has 0 spiro atoms. The third-order valence-corrected chi connectivity index (χ3v) is 2.29. The number of aromatic hydroxyl groups is 1. The summed E-state index contributed by atoms with van der Waals surface area (Å²) in [6, 6.07) is 3.50. The second-order valence-corrected chi connectivity index (χ2v) is 3.61. The van der Waals surface area contributed by atoms with Crippen LogP contribution in [0, 0.1) is 0 Å². The predicted molar refractivity (Wildman–Crippen MR) is 71.2 cm³/mol. The maximum atomic E-state index is 9.89. The second-order valence-electron chi connectivity index (χ2n) is 3.61. The maximum absolute atomic E-state index is 9.89. The Balaban J connectivity index is 2.94. The lowest BCUT2D eigenvalue weighted by Gasteiger charge is -2.09. The molecule has 1 aromatic carbocycles. The summed E-state index contributed by atoms with van der Waals surface area (Å²) in [4.78, 5) is 0. The number of hydrogen-bond acceptors (Lipinski definition) is 5. The van der Waals surface area contributed by atoms with E-state index in [4.69, 9.17) is 9.84 Å². The predicted octanol–water partition coefficient (Wildman–Crippen LogP) is 1.05. The van der Waals surface area contributed by atoms with Gasteiger partial charge in [0.05, 0.1) is 26.5 Å². The first-order valence-electron chi connectivity index (χ1n) is 5.60. The minimum absolute atomic E-state index is 0.0257. The van der Waals surface area contributed by atoms with Gasteiger partial charge in [0, 0.05) is 5.56 Å². The van der Waals surface area contributed by atoms with E-state index in [0.29, 0.717) is 18.7 Å². The molecular formula is C13H18N2O3. The molecule has 0 bridgehead atoms. The van der Waals surface area contributed by atoms with Gasteiger partial charge in [-0.15, -0.1) is 6.58 Å². The lowest BCUT2D eigenvalue weighted by molar-refractivity contribution is 0.294. The van der Waals surface area contributed by atoms with Crippen LogP contribution in [0.25, 0.3) is 0 Å². The molecule has 5 nitrogen and oxygen atoms in total. The normalized spacial score (nSPS) is 10.6. The molecule has 0 aliphatic heterocycles. The van der Waals surface area contributed by atoms with E-state index < -0.39 is 0 Å². The summed E-state index contributed by atoms with van der Waals surface area (Å²) in [5, 5.41) is 22.4. The number of benzene rings is 1. The fraction of sp³-hybridized carbons (Fsp3) is 0.308. The lowest BCUT2D eigenvalue weighted by Crippen LogP contribution is -2.11. The highest BCUT2D eigenvalue weighted by Crippen LogP contribution is 2.31. The van der Waals surface area contributed by atoms with Crippen LogP contribution in [0.1, 0.15) is 11.1 Å². The van der Waals surface area contributed by atoms with Gasteiger partial charge in [0.15, 0.2) is 11.5 Å². The third kappa shape index (κ3) is 3.78. The van der Waals surface area contributed by atoms with Gasteiger partial charge < -0.3 is 20.4 Å². The fourth-order valence-electron chi connectivity index (χ4n) is 1.47. The first kappa shape index (κ1) is 14.1. The Morgan fingerprint density at radius 3 is 2.89 bits per heavy atom. The molecule has 1 aromatic rings. The number of hydrazone groups is 1. The van der Waals surface area contributed by atoms with Gasteiger partial charge in [-0.2, -0.15) is 5.10 Å².